The summed E-state index contributed by atoms with van der Waals surface area (Å²) < 4.78 is 5.78. The molecule has 5 nitrogen and oxygen atoms in total. The number of amides is 1. The van der Waals surface area contributed by atoms with Gasteiger partial charge < -0.3 is 14.5 Å². The summed E-state index contributed by atoms with van der Waals surface area (Å²) >= 11 is 0. The molecule has 1 amide bonds. The molecule has 0 aromatic heterocycles. The van der Waals surface area contributed by atoms with Crippen LogP contribution < -0.4 is 9.64 Å². The van der Waals surface area contributed by atoms with E-state index >= 15 is 0 Å². The lowest BCUT2D eigenvalue weighted by molar-refractivity contribution is -0.133. The van der Waals surface area contributed by atoms with Gasteiger partial charge in [-0.05, 0) is 66.8 Å². The van der Waals surface area contributed by atoms with Crippen molar-refractivity contribution >= 4 is 11.6 Å². The van der Waals surface area contributed by atoms with Crippen molar-refractivity contribution in [1.29, 1.82) is 5.26 Å². The molecule has 0 unspecified atom stereocenters. The topological polar surface area (TPSA) is 56.6 Å². The van der Waals surface area contributed by atoms with E-state index in [1.165, 1.54) is 11.1 Å². The molecule has 2 aromatic carbocycles. The first-order valence-corrected chi connectivity index (χ1v) is 10.2. The first-order chi connectivity index (χ1) is 14.0. The highest BCUT2D eigenvalue weighted by Gasteiger charge is 2.20. The summed E-state index contributed by atoms with van der Waals surface area (Å²) in [5, 5.41) is 8.95. The number of hydrogen-bond acceptors (Lipinski definition) is 4. The number of nitrogens with zero attached hydrogens (tertiary/aromatic N) is 3. The Morgan fingerprint density at radius 1 is 1.10 bits per heavy atom. The van der Waals surface area contributed by atoms with E-state index in [0.717, 1.165) is 37.5 Å². The molecule has 1 heterocycles. The van der Waals surface area contributed by atoms with Gasteiger partial charge >= 0.3 is 0 Å². The Kier molecular flexibility index (Phi) is 6.77. The van der Waals surface area contributed by atoms with E-state index < -0.39 is 0 Å². The highest BCUT2D eigenvalue weighted by molar-refractivity contribution is 5.78. The average Bonchev–Trinajstić information content (AvgIpc) is 2.98. The number of rotatable bonds is 5. The van der Waals surface area contributed by atoms with Gasteiger partial charge in [-0.3, -0.25) is 4.79 Å². The second-order valence-corrected chi connectivity index (χ2v) is 7.84. The molecule has 1 saturated heterocycles. The Bertz CT molecular complexity index is 884. The summed E-state index contributed by atoms with van der Waals surface area (Å²) in [6.45, 7) is 9.58. The van der Waals surface area contributed by atoms with Crippen LogP contribution >= 0.6 is 0 Å². The van der Waals surface area contributed by atoms with Crippen LogP contribution in [0.15, 0.2) is 42.5 Å². The molecule has 1 aliphatic rings. The third-order valence-corrected chi connectivity index (χ3v) is 5.44. The summed E-state index contributed by atoms with van der Waals surface area (Å²) in [7, 11) is 0. The number of nitriles is 1. The third kappa shape index (κ3) is 5.29. The Morgan fingerprint density at radius 2 is 1.86 bits per heavy atom. The van der Waals surface area contributed by atoms with Crippen molar-refractivity contribution < 1.29 is 9.53 Å². The lowest BCUT2D eigenvalue weighted by atomic mass is 9.98. The van der Waals surface area contributed by atoms with E-state index in [0.29, 0.717) is 18.0 Å². The summed E-state index contributed by atoms with van der Waals surface area (Å²) in [6.07, 6.45) is 0.911. The van der Waals surface area contributed by atoms with Crippen molar-refractivity contribution in [3.05, 3.63) is 59.2 Å². The number of ether oxygens (including phenoxy) is 1. The smallest absolute Gasteiger partial charge is 0.260 e. The van der Waals surface area contributed by atoms with Crippen LogP contribution in [0.3, 0.4) is 0 Å². The van der Waals surface area contributed by atoms with Crippen molar-refractivity contribution in [2.75, 3.05) is 37.7 Å². The van der Waals surface area contributed by atoms with Crippen molar-refractivity contribution in [3.8, 4) is 11.8 Å². The van der Waals surface area contributed by atoms with Gasteiger partial charge in [0.15, 0.2) is 6.61 Å². The molecular weight excluding hydrogens is 362 g/mol. The maximum Gasteiger partial charge on any atom is 0.260 e. The molecule has 1 fully saturated rings. The van der Waals surface area contributed by atoms with Crippen molar-refractivity contribution in [2.45, 2.75) is 33.1 Å². The van der Waals surface area contributed by atoms with Crippen LogP contribution in [0.25, 0.3) is 0 Å². The van der Waals surface area contributed by atoms with E-state index in [9.17, 15) is 4.79 Å². The number of aryl methyl sites for hydroxylation is 1. The molecule has 0 spiro atoms. The second-order valence-electron chi connectivity index (χ2n) is 7.84. The highest BCUT2D eigenvalue weighted by atomic mass is 16.5. The normalized spacial score (nSPS) is 14.4. The molecule has 152 valence electrons. The van der Waals surface area contributed by atoms with Crippen LogP contribution in [0.5, 0.6) is 5.75 Å². The van der Waals surface area contributed by atoms with Crippen molar-refractivity contribution in [2.24, 2.45) is 0 Å². The van der Waals surface area contributed by atoms with Gasteiger partial charge in [0.1, 0.15) is 5.75 Å². The minimum atomic E-state index is 0.0252. The number of carbonyl (C=O) groups excluding carboxylic acids is 1. The van der Waals surface area contributed by atoms with Crippen LogP contribution in [0.1, 0.15) is 42.9 Å². The quantitative estimate of drug-likeness (QED) is 0.770. The zero-order chi connectivity index (χ0) is 20.8. The fourth-order valence-electron chi connectivity index (χ4n) is 3.79. The lowest BCUT2D eigenvalue weighted by Crippen LogP contribution is -2.38. The maximum absolute atomic E-state index is 12.7. The van der Waals surface area contributed by atoms with Gasteiger partial charge in [0.25, 0.3) is 5.91 Å². The molecule has 3 rings (SSSR count). The van der Waals surface area contributed by atoms with Crippen LogP contribution in [0.4, 0.5) is 5.69 Å². The minimum absolute atomic E-state index is 0.0252. The average molecular weight is 392 g/mol. The SMILES string of the molecule is Cc1cc(OCC(=O)N2CCCN(c3ccc(C#N)cc3)CC2)ccc1C(C)C. The van der Waals surface area contributed by atoms with E-state index in [2.05, 4.69) is 37.8 Å². The van der Waals surface area contributed by atoms with Crippen LogP contribution in [-0.2, 0) is 4.79 Å². The molecule has 2 aromatic rings. The highest BCUT2D eigenvalue weighted by Crippen LogP contribution is 2.23. The molecule has 1 aliphatic heterocycles. The van der Waals surface area contributed by atoms with Crippen molar-refractivity contribution in [1.82, 2.24) is 4.90 Å². The predicted octanol–water partition coefficient (Wildman–Crippen LogP) is 4.11. The zero-order valence-electron chi connectivity index (χ0n) is 17.5. The second kappa shape index (κ2) is 9.47. The lowest BCUT2D eigenvalue weighted by Gasteiger charge is -2.24. The van der Waals surface area contributed by atoms with Crippen LogP contribution in [0, 0.1) is 18.3 Å². The number of anilines is 1. The molecule has 5 heteroatoms. The fourth-order valence-corrected chi connectivity index (χ4v) is 3.79. The van der Waals surface area contributed by atoms with E-state index in [1.54, 1.807) is 0 Å². The zero-order valence-corrected chi connectivity index (χ0v) is 17.5. The summed E-state index contributed by atoms with van der Waals surface area (Å²) in [6, 6.07) is 15.8. The molecule has 0 radical (unpaired) electrons. The van der Waals surface area contributed by atoms with Gasteiger partial charge in [-0.25, -0.2) is 0 Å². The standard InChI is InChI=1S/C24H29N3O2/c1-18(2)23-10-9-22(15-19(23)3)29-17-24(28)27-12-4-11-26(13-14-27)21-7-5-20(16-25)6-8-21/h5-10,15,18H,4,11-14,17H2,1-3H3. The first-order valence-electron chi connectivity index (χ1n) is 10.2. The third-order valence-electron chi connectivity index (χ3n) is 5.44. The van der Waals surface area contributed by atoms with Gasteiger partial charge in [-0.2, -0.15) is 5.26 Å². The largest absolute Gasteiger partial charge is 0.484 e. The van der Waals surface area contributed by atoms with E-state index in [4.69, 9.17) is 10.00 Å². The Morgan fingerprint density at radius 3 is 2.52 bits per heavy atom. The Balaban J connectivity index is 1.54. The molecular formula is C24H29N3O2. The molecule has 0 saturated carbocycles. The van der Waals surface area contributed by atoms with Gasteiger partial charge in [0.2, 0.25) is 0 Å². The number of hydrogen-bond donors (Lipinski definition) is 0. The predicted molar refractivity (Wildman–Crippen MR) is 115 cm³/mol. The van der Waals surface area contributed by atoms with Gasteiger partial charge in [-0.1, -0.05) is 19.9 Å². The van der Waals surface area contributed by atoms with Crippen LogP contribution in [-0.4, -0.2) is 43.6 Å². The molecule has 0 bridgehead atoms. The molecule has 0 aliphatic carbocycles. The summed E-state index contributed by atoms with van der Waals surface area (Å²) in [5.74, 6) is 1.24. The molecule has 29 heavy (non-hydrogen) atoms. The monoisotopic (exact) mass is 391 g/mol. The van der Waals surface area contributed by atoms with Crippen molar-refractivity contribution in [3.63, 3.8) is 0 Å². The van der Waals surface area contributed by atoms with Gasteiger partial charge in [0, 0.05) is 31.9 Å². The first kappa shape index (κ1) is 20.7. The van der Waals surface area contributed by atoms with Gasteiger partial charge in [0.05, 0.1) is 11.6 Å². The fraction of sp³-hybridized carbons (Fsp3) is 0.417. The van der Waals surface area contributed by atoms with Gasteiger partial charge in [-0.15, -0.1) is 0 Å². The number of carbonyl (C=O) groups is 1. The summed E-state index contributed by atoms with van der Waals surface area (Å²) in [4.78, 5) is 16.8. The molecule has 0 atom stereocenters. The van der Waals surface area contributed by atoms with E-state index in [-0.39, 0.29) is 12.5 Å². The summed E-state index contributed by atoms with van der Waals surface area (Å²) in [5.41, 5.74) is 4.25. The Hall–Kier alpha value is -3.00. The van der Waals surface area contributed by atoms with Crippen LogP contribution in [0.2, 0.25) is 0 Å². The molecule has 0 N–H and O–H groups in total. The maximum atomic E-state index is 12.7. The Labute approximate surface area is 173 Å². The number of benzene rings is 2. The minimum Gasteiger partial charge on any atom is -0.484 e. The van der Waals surface area contributed by atoms with E-state index in [1.807, 2.05) is 41.3 Å².